The maximum atomic E-state index is 15.3. The lowest BCUT2D eigenvalue weighted by Gasteiger charge is -2.33. The third kappa shape index (κ3) is 9.64. The molecule has 0 spiro atoms. The van der Waals surface area contributed by atoms with Crippen LogP contribution in [-0.4, -0.2) is 74.7 Å². The van der Waals surface area contributed by atoms with E-state index in [1.807, 2.05) is 171 Å². The molecule has 80 heavy (non-hydrogen) atoms. The Morgan fingerprint density at radius 1 is 0.375 bits per heavy atom. The molecule has 9 aromatic rings. The summed E-state index contributed by atoms with van der Waals surface area (Å²) in [6, 6.07) is 43.2. The van der Waals surface area contributed by atoms with Gasteiger partial charge in [-0.15, -0.1) is 0 Å². The minimum atomic E-state index is -0.316. The number of rotatable bonds is 20. The normalized spacial score (nSPS) is 14.3. The minimum absolute atomic E-state index is 0.159. The molecule has 0 N–H and O–H groups in total. The number of hydrogen-bond acceptors (Lipinski definition) is 10. The highest BCUT2D eigenvalue weighted by Gasteiger charge is 2.39. The number of fused-ring (bicyclic) bond motifs is 2. The number of carbonyl (C=O) groups is 4. The first kappa shape index (κ1) is 53.4. The number of imide groups is 2. The first-order chi connectivity index (χ1) is 38.8. The van der Waals surface area contributed by atoms with Crippen molar-refractivity contribution >= 4 is 101 Å². The number of benzene rings is 9. The highest BCUT2D eigenvalue weighted by molar-refractivity contribution is 6.44. The summed E-state index contributed by atoms with van der Waals surface area (Å²) in [7, 11) is 7.99. The van der Waals surface area contributed by atoms with Crippen molar-refractivity contribution in [1.29, 1.82) is 0 Å². The number of carbonyl (C=O) groups excluding carboxylic acids is 4. The van der Waals surface area contributed by atoms with Gasteiger partial charge >= 0.3 is 0 Å². The lowest BCUT2D eigenvalue weighted by molar-refractivity contribution is 0.0565. The summed E-state index contributed by atoms with van der Waals surface area (Å²) in [5.74, 6) is -0.919. The van der Waals surface area contributed by atoms with E-state index in [9.17, 15) is 9.59 Å². The number of unbranched alkanes of at least 4 members (excludes halogenated alkanes) is 2. The molecule has 11 rings (SSSR count). The van der Waals surface area contributed by atoms with Crippen LogP contribution in [0.3, 0.4) is 0 Å². The highest BCUT2D eigenvalue weighted by atomic mass is 16.2. The van der Waals surface area contributed by atoms with Crippen LogP contribution in [0.2, 0.25) is 0 Å². The van der Waals surface area contributed by atoms with Crippen molar-refractivity contribution in [2.24, 2.45) is 32.3 Å². The Morgan fingerprint density at radius 2 is 0.700 bits per heavy atom. The van der Waals surface area contributed by atoms with Crippen LogP contribution >= 0.6 is 0 Å². The Bertz CT molecular complexity index is 3660. The summed E-state index contributed by atoms with van der Waals surface area (Å²) in [6.45, 7) is 9.24. The summed E-state index contributed by atoms with van der Waals surface area (Å²) >= 11 is 0. The van der Waals surface area contributed by atoms with Gasteiger partial charge in [0.15, 0.2) is 0 Å². The summed E-state index contributed by atoms with van der Waals surface area (Å²) in [5, 5.41) is 24.3. The molecule has 12 nitrogen and oxygen atoms in total. The van der Waals surface area contributed by atoms with Crippen LogP contribution in [0.1, 0.15) is 120 Å². The Morgan fingerprint density at radius 3 is 1.01 bits per heavy atom. The molecule has 12 heteroatoms. The van der Waals surface area contributed by atoms with Gasteiger partial charge in [-0.1, -0.05) is 103 Å². The SMILES string of the molecule is CCCCC(CC)CN1C(=O)c2ccc3c4c(-c5ccc(N=Nc6ccc(N(C)C)cc6)cc5)cc5c6c(ccc(c7c(-c8ccc(N=Nc9ccc(N(C)C)cc9)cc8)cc(c2c37)C1=O)c64)C(=O)N(CC(CC)CCCC)C5=O. The molecule has 0 aromatic heterocycles. The van der Waals surface area contributed by atoms with Crippen LogP contribution in [0.25, 0.3) is 65.3 Å². The molecule has 0 bridgehead atoms. The molecule has 2 unspecified atom stereocenters. The first-order valence-corrected chi connectivity index (χ1v) is 28.4. The third-order valence-electron chi connectivity index (χ3n) is 16.6. The van der Waals surface area contributed by atoms with Gasteiger partial charge in [0.2, 0.25) is 0 Å². The molecule has 0 saturated heterocycles. The van der Waals surface area contributed by atoms with Gasteiger partial charge in [-0.2, -0.15) is 20.5 Å². The smallest absolute Gasteiger partial charge is 0.261 e. The zero-order valence-electron chi connectivity index (χ0n) is 47.1. The van der Waals surface area contributed by atoms with E-state index in [1.54, 1.807) is 0 Å². The molecular formula is C68H68N8O4. The van der Waals surface area contributed by atoms with E-state index in [0.29, 0.717) is 57.5 Å². The average Bonchev–Trinajstić information content (AvgIpc) is 3.21. The quantitative estimate of drug-likeness (QED) is 0.0323. The van der Waals surface area contributed by atoms with Crippen LogP contribution in [0.5, 0.6) is 0 Å². The summed E-state index contributed by atoms with van der Waals surface area (Å²) in [6.07, 6.45) is 7.61. The van der Waals surface area contributed by atoms with Gasteiger partial charge in [-0.25, -0.2) is 0 Å². The Balaban J connectivity index is 1.15. The lowest BCUT2D eigenvalue weighted by atomic mass is 9.77. The molecular weight excluding hydrogens is 993 g/mol. The summed E-state index contributed by atoms with van der Waals surface area (Å²) < 4.78 is 0. The van der Waals surface area contributed by atoms with Gasteiger partial charge in [0, 0.05) is 85.7 Å². The second kappa shape index (κ2) is 22.2. The Hall–Kier alpha value is -8.64. The van der Waals surface area contributed by atoms with E-state index < -0.39 is 0 Å². The van der Waals surface area contributed by atoms with Crippen molar-refractivity contribution in [3.05, 3.63) is 156 Å². The van der Waals surface area contributed by atoms with Crippen molar-refractivity contribution in [3.63, 3.8) is 0 Å². The maximum absolute atomic E-state index is 15.3. The van der Waals surface area contributed by atoms with Gasteiger partial charge < -0.3 is 9.80 Å². The predicted octanol–water partition coefficient (Wildman–Crippen LogP) is 17.7. The second-order valence-corrected chi connectivity index (χ2v) is 22.1. The maximum Gasteiger partial charge on any atom is 0.261 e. The number of amides is 4. The molecule has 2 aliphatic heterocycles. The topological polar surface area (TPSA) is 131 Å². The number of azo groups is 2. The highest BCUT2D eigenvalue weighted by Crippen LogP contribution is 2.52. The van der Waals surface area contributed by atoms with E-state index in [2.05, 4.69) is 48.2 Å². The van der Waals surface area contributed by atoms with E-state index >= 15 is 9.59 Å². The summed E-state index contributed by atoms with van der Waals surface area (Å²) in [5.41, 5.74) is 9.96. The van der Waals surface area contributed by atoms with Gasteiger partial charge in [-0.05, 0) is 176 Å². The lowest BCUT2D eigenvalue weighted by Crippen LogP contribution is -2.43. The zero-order chi connectivity index (χ0) is 55.9. The Labute approximate surface area is 468 Å². The zero-order valence-corrected chi connectivity index (χ0v) is 47.1. The van der Waals surface area contributed by atoms with E-state index in [4.69, 9.17) is 0 Å². The van der Waals surface area contributed by atoms with E-state index in [-0.39, 0.29) is 35.5 Å². The number of anilines is 2. The van der Waals surface area contributed by atoms with Crippen LogP contribution in [-0.2, 0) is 0 Å². The van der Waals surface area contributed by atoms with Crippen LogP contribution in [0.4, 0.5) is 34.1 Å². The minimum Gasteiger partial charge on any atom is -0.378 e. The van der Waals surface area contributed by atoms with Gasteiger partial charge in [0.05, 0.1) is 22.7 Å². The predicted molar refractivity (Wildman–Crippen MR) is 326 cm³/mol. The van der Waals surface area contributed by atoms with Crippen LogP contribution < -0.4 is 9.80 Å². The van der Waals surface area contributed by atoms with Crippen molar-refractivity contribution in [1.82, 2.24) is 9.80 Å². The van der Waals surface area contributed by atoms with Crippen molar-refractivity contribution < 1.29 is 19.2 Å². The molecule has 4 amide bonds. The monoisotopic (exact) mass is 1060 g/mol. The first-order valence-electron chi connectivity index (χ1n) is 28.4. The van der Waals surface area contributed by atoms with Crippen LogP contribution in [0, 0.1) is 11.8 Å². The molecule has 9 aromatic carbocycles. The average molecular weight is 1060 g/mol. The largest absolute Gasteiger partial charge is 0.378 e. The van der Waals surface area contributed by atoms with Crippen molar-refractivity contribution in [2.45, 2.75) is 79.1 Å². The fraction of sp³-hybridized carbons (Fsp3) is 0.294. The molecule has 0 fully saturated rings. The molecule has 2 atom stereocenters. The van der Waals surface area contributed by atoms with Crippen molar-refractivity contribution in [3.8, 4) is 22.3 Å². The molecule has 2 aliphatic rings. The van der Waals surface area contributed by atoms with Crippen LogP contribution in [0.15, 0.2) is 154 Å². The van der Waals surface area contributed by atoms with E-state index in [1.165, 1.54) is 9.80 Å². The van der Waals surface area contributed by atoms with Gasteiger partial charge in [0.1, 0.15) is 0 Å². The molecule has 2 heterocycles. The molecule has 0 saturated carbocycles. The standard InChI is InChI=1S/C68H68N8O4/c1-9-13-15-41(11-3)39-75-65(77)53-35-33-51-60-56(44-19-23-46(24-20-44)70-72-48-27-31-50(32-28-48)74(7)8)38-58-62-54(66(78)76(68(58)80)40-42(12-4)16-14-10-2)36-34-52(64(60)62)59-55(37-57(67(75)79)61(53)63(51)59)43-17-21-45(22-18-43)69-71-47-25-29-49(30-26-47)73(5)6/h17-38,41-42H,9-16,39-40H2,1-8H3. The van der Waals surface area contributed by atoms with Gasteiger partial charge in [-0.3, -0.25) is 29.0 Å². The fourth-order valence-corrected chi connectivity index (χ4v) is 12.0. The fourth-order valence-electron chi connectivity index (χ4n) is 12.0. The number of nitrogens with zero attached hydrogens (tertiary/aromatic N) is 8. The Kier molecular flexibility index (Phi) is 14.8. The van der Waals surface area contributed by atoms with Gasteiger partial charge in [0.25, 0.3) is 23.6 Å². The molecule has 0 aliphatic carbocycles. The number of hydrogen-bond donors (Lipinski definition) is 0. The summed E-state index contributed by atoms with van der Waals surface area (Å²) in [4.78, 5) is 67.6. The second-order valence-electron chi connectivity index (χ2n) is 22.1. The van der Waals surface area contributed by atoms with Crippen molar-refractivity contribution in [2.75, 3.05) is 51.1 Å². The molecule has 404 valence electrons. The van der Waals surface area contributed by atoms with E-state index in [0.717, 1.165) is 129 Å². The molecule has 0 radical (unpaired) electrons. The third-order valence-corrected chi connectivity index (χ3v) is 16.6.